The largest absolute Gasteiger partial charge is 0.294 e. The molecule has 0 atom stereocenters. The molecule has 2 aromatic carbocycles. The first kappa shape index (κ1) is 16.8. The van der Waals surface area contributed by atoms with Crippen LogP contribution >= 0.6 is 0 Å². The van der Waals surface area contributed by atoms with Gasteiger partial charge in [0.15, 0.2) is 11.6 Å². The Labute approximate surface area is 147 Å². The van der Waals surface area contributed by atoms with Crippen LogP contribution in [-0.2, 0) is 13.0 Å². The summed E-state index contributed by atoms with van der Waals surface area (Å²) < 4.78 is 1.74. The molecule has 3 aromatic rings. The minimum absolute atomic E-state index is 0.131. The van der Waals surface area contributed by atoms with Gasteiger partial charge in [0, 0.05) is 12.1 Å². The summed E-state index contributed by atoms with van der Waals surface area (Å²) >= 11 is 0. The van der Waals surface area contributed by atoms with Crippen LogP contribution in [0.3, 0.4) is 0 Å². The molecule has 0 saturated heterocycles. The molecule has 0 amide bonds. The lowest BCUT2D eigenvalue weighted by Gasteiger charge is -2.04. The van der Waals surface area contributed by atoms with Gasteiger partial charge in [-0.3, -0.25) is 14.3 Å². The smallest absolute Gasteiger partial charge is 0.188 e. The highest BCUT2D eigenvalue weighted by Gasteiger charge is 2.23. The Morgan fingerprint density at radius 1 is 0.920 bits per heavy atom. The maximum absolute atomic E-state index is 12.7. The third kappa shape index (κ3) is 3.74. The average molecular weight is 332 g/mol. The Morgan fingerprint density at radius 2 is 1.48 bits per heavy atom. The highest BCUT2D eigenvalue weighted by atomic mass is 16.1. The third-order valence-corrected chi connectivity index (χ3v) is 4.21. The Kier molecular flexibility index (Phi) is 4.89. The van der Waals surface area contributed by atoms with Crippen molar-refractivity contribution in [2.45, 2.75) is 26.8 Å². The second-order valence-electron chi connectivity index (χ2n) is 6.09. The molecular formula is C21H20N2O2. The standard InChI is InChI=1S/C21H20N2O2/c1-15-20(16(2)24)21(19(25)13-17-9-5-3-6-10-17)22-23(15)14-18-11-7-4-8-12-18/h3-12H,13-14H2,1-2H3. The first-order valence-electron chi connectivity index (χ1n) is 8.25. The minimum Gasteiger partial charge on any atom is -0.294 e. The fourth-order valence-corrected chi connectivity index (χ4v) is 2.94. The fourth-order valence-electron chi connectivity index (χ4n) is 2.94. The first-order valence-corrected chi connectivity index (χ1v) is 8.25. The van der Waals surface area contributed by atoms with Crippen LogP contribution in [0.2, 0.25) is 0 Å². The lowest BCUT2D eigenvalue weighted by atomic mass is 10.0. The Hall–Kier alpha value is -3.01. The van der Waals surface area contributed by atoms with E-state index in [1.807, 2.05) is 67.6 Å². The summed E-state index contributed by atoms with van der Waals surface area (Å²) in [6, 6.07) is 19.4. The zero-order chi connectivity index (χ0) is 17.8. The van der Waals surface area contributed by atoms with Gasteiger partial charge in [-0.15, -0.1) is 0 Å². The van der Waals surface area contributed by atoms with Gasteiger partial charge in [-0.05, 0) is 25.0 Å². The number of carbonyl (C=O) groups is 2. The van der Waals surface area contributed by atoms with Crippen LogP contribution < -0.4 is 0 Å². The molecule has 4 nitrogen and oxygen atoms in total. The molecule has 0 aliphatic carbocycles. The molecule has 25 heavy (non-hydrogen) atoms. The van der Waals surface area contributed by atoms with E-state index in [1.54, 1.807) is 4.68 Å². The van der Waals surface area contributed by atoms with Crippen LogP contribution in [0.15, 0.2) is 60.7 Å². The molecule has 1 heterocycles. The topological polar surface area (TPSA) is 52.0 Å². The second-order valence-corrected chi connectivity index (χ2v) is 6.09. The normalized spacial score (nSPS) is 10.6. The number of rotatable bonds is 6. The van der Waals surface area contributed by atoms with Crippen LogP contribution in [0.4, 0.5) is 0 Å². The predicted molar refractivity (Wildman–Crippen MR) is 97.0 cm³/mol. The molecule has 0 spiro atoms. The summed E-state index contributed by atoms with van der Waals surface area (Å²) in [5.41, 5.74) is 3.41. The number of ketones is 2. The van der Waals surface area contributed by atoms with E-state index >= 15 is 0 Å². The highest BCUT2D eigenvalue weighted by molar-refractivity contribution is 6.08. The fraction of sp³-hybridized carbons (Fsp3) is 0.190. The van der Waals surface area contributed by atoms with E-state index in [2.05, 4.69) is 5.10 Å². The van der Waals surface area contributed by atoms with Crippen molar-refractivity contribution in [2.75, 3.05) is 0 Å². The molecule has 3 rings (SSSR count). The molecule has 0 aliphatic rings. The summed E-state index contributed by atoms with van der Waals surface area (Å²) in [6.45, 7) is 3.85. The molecular weight excluding hydrogens is 312 g/mol. The lowest BCUT2D eigenvalue weighted by Crippen LogP contribution is -2.09. The molecule has 0 bridgehead atoms. The van der Waals surface area contributed by atoms with Crippen molar-refractivity contribution in [3.8, 4) is 0 Å². The van der Waals surface area contributed by atoms with Gasteiger partial charge >= 0.3 is 0 Å². The molecule has 0 saturated carbocycles. The number of Topliss-reactive ketones (excluding diaryl/α,β-unsaturated/α-hetero) is 2. The van der Waals surface area contributed by atoms with Crippen LogP contribution in [0, 0.1) is 6.92 Å². The minimum atomic E-state index is -0.133. The van der Waals surface area contributed by atoms with E-state index in [0.717, 1.165) is 16.8 Å². The third-order valence-electron chi connectivity index (χ3n) is 4.21. The molecule has 0 aliphatic heterocycles. The van der Waals surface area contributed by atoms with Gasteiger partial charge in [-0.25, -0.2) is 0 Å². The van der Waals surface area contributed by atoms with Crippen molar-refractivity contribution < 1.29 is 9.59 Å². The van der Waals surface area contributed by atoms with Gasteiger partial charge in [0.1, 0.15) is 5.69 Å². The van der Waals surface area contributed by atoms with Crippen molar-refractivity contribution in [1.29, 1.82) is 0 Å². The van der Waals surface area contributed by atoms with Gasteiger partial charge < -0.3 is 0 Å². The monoisotopic (exact) mass is 332 g/mol. The van der Waals surface area contributed by atoms with E-state index in [1.165, 1.54) is 6.92 Å². The number of carbonyl (C=O) groups excluding carboxylic acids is 2. The number of nitrogens with zero attached hydrogens (tertiary/aromatic N) is 2. The molecule has 126 valence electrons. The maximum Gasteiger partial charge on any atom is 0.188 e. The summed E-state index contributed by atoms with van der Waals surface area (Å²) in [5, 5.41) is 4.47. The van der Waals surface area contributed by atoms with Crippen molar-refractivity contribution in [1.82, 2.24) is 9.78 Å². The van der Waals surface area contributed by atoms with Crippen molar-refractivity contribution >= 4 is 11.6 Å². The van der Waals surface area contributed by atoms with E-state index < -0.39 is 0 Å². The number of hydrogen-bond acceptors (Lipinski definition) is 3. The van der Waals surface area contributed by atoms with Gasteiger partial charge in [0.2, 0.25) is 0 Å². The summed E-state index contributed by atoms with van der Waals surface area (Å²) in [7, 11) is 0. The van der Waals surface area contributed by atoms with E-state index in [0.29, 0.717) is 12.1 Å². The van der Waals surface area contributed by atoms with Gasteiger partial charge in [-0.1, -0.05) is 60.7 Å². The van der Waals surface area contributed by atoms with Crippen LogP contribution in [0.5, 0.6) is 0 Å². The van der Waals surface area contributed by atoms with Gasteiger partial charge in [0.05, 0.1) is 12.1 Å². The van der Waals surface area contributed by atoms with E-state index in [-0.39, 0.29) is 23.7 Å². The Bertz CT molecular complexity index is 896. The van der Waals surface area contributed by atoms with Crippen LogP contribution in [0.1, 0.15) is 44.6 Å². The van der Waals surface area contributed by atoms with Crippen molar-refractivity contribution in [3.63, 3.8) is 0 Å². The van der Waals surface area contributed by atoms with Gasteiger partial charge in [-0.2, -0.15) is 5.10 Å². The zero-order valence-electron chi connectivity index (χ0n) is 14.4. The van der Waals surface area contributed by atoms with Crippen molar-refractivity contribution in [3.05, 3.63) is 88.7 Å². The predicted octanol–water partition coefficient (Wildman–Crippen LogP) is 3.87. The van der Waals surface area contributed by atoms with Crippen LogP contribution in [0.25, 0.3) is 0 Å². The van der Waals surface area contributed by atoms with Gasteiger partial charge in [0.25, 0.3) is 0 Å². The number of benzene rings is 2. The second kappa shape index (κ2) is 7.26. The highest BCUT2D eigenvalue weighted by Crippen LogP contribution is 2.18. The molecule has 0 N–H and O–H groups in total. The summed E-state index contributed by atoms with van der Waals surface area (Å²) in [5.74, 6) is -0.264. The average Bonchev–Trinajstić information content (AvgIpc) is 2.93. The zero-order valence-corrected chi connectivity index (χ0v) is 14.4. The summed E-state index contributed by atoms with van der Waals surface area (Å²) in [4.78, 5) is 24.8. The Morgan fingerprint density at radius 3 is 2.04 bits per heavy atom. The van der Waals surface area contributed by atoms with E-state index in [4.69, 9.17) is 0 Å². The van der Waals surface area contributed by atoms with Crippen LogP contribution in [-0.4, -0.2) is 21.3 Å². The molecule has 0 fully saturated rings. The first-order chi connectivity index (χ1) is 12.1. The number of hydrogen-bond donors (Lipinski definition) is 0. The Balaban J connectivity index is 1.94. The number of aromatic nitrogens is 2. The molecule has 4 heteroatoms. The lowest BCUT2D eigenvalue weighted by molar-refractivity contribution is 0.0965. The molecule has 1 aromatic heterocycles. The molecule has 0 radical (unpaired) electrons. The quantitative estimate of drug-likeness (QED) is 0.644. The summed E-state index contributed by atoms with van der Waals surface area (Å²) in [6.07, 6.45) is 0.239. The SMILES string of the molecule is CC(=O)c1c(C(=O)Cc2ccccc2)nn(Cc2ccccc2)c1C. The molecule has 0 unspecified atom stereocenters. The van der Waals surface area contributed by atoms with E-state index in [9.17, 15) is 9.59 Å². The maximum atomic E-state index is 12.7. The van der Waals surface area contributed by atoms with Crippen molar-refractivity contribution in [2.24, 2.45) is 0 Å².